The van der Waals surface area contributed by atoms with E-state index in [4.69, 9.17) is 77.8 Å². The van der Waals surface area contributed by atoms with Gasteiger partial charge in [0.2, 0.25) is 26.9 Å². The third kappa shape index (κ3) is 12.6. The largest absolute Gasteiger partial charge is 4.00 e. The van der Waals surface area contributed by atoms with Gasteiger partial charge in [-0.1, -0.05) is 132 Å². The normalized spacial score (nSPS) is 15.5. The topological polar surface area (TPSA) is 251 Å². The molecule has 24 heterocycles. The van der Waals surface area contributed by atoms with Gasteiger partial charge in [-0.15, -0.1) is 43.7 Å². The molecule has 0 radical (unpaired) electrons. The van der Waals surface area contributed by atoms with E-state index in [2.05, 4.69) is 146 Å². The summed E-state index contributed by atoms with van der Waals surface area (Å²) in [4.78, 5) is 64.3. The molecule has 0 saturated heterocycles. The Morgan fingerprint density at radius 1 is 0.254 bits per heavy atom. The van der Waals surface area contributed by atoms with Crippen LogP contribution in [0.25, 0.3) is 11.4 Å². The van der Waals surface area contributed by atoms with E-state index in [1.54, 1.807) is 71.3 Å². The number of ether oxygens (including phenoxy) is 8. The fraction of sp³-hybridized carbons (Fsp3) is 0.0612. The summed E-state index contributed by atoms with van der Waals surface area (Å²) in [7, 11) is 12.0. The second kappa shape index (κ2) is 32.0. The van der Waals surface area contributed by atoms with Crippen LogP contribution >= 0.6 is 0 Å². The van der Waals surface area contributed by atoms with Crippen molar-refractivity contribution in [1.82, 2.24) is 69.2 Å². The average Bonchev–Trinajstić information content (AvgIpc) is 0.784. The Bertz CT molecular complexity index is 7220. The molecular weight excluding hydrogens is 2460 g/mol. The molecule has 676 valence electrons. The van der Waals surface area contributed by atoms with E-state index in [1.165, 1.54) is 0 Å². The Hall–Kier alpha value is -14.6. The van der Waals surface area contributed by atoms with Crippen molar-refractivity contribution in [1.29, 1.82) is 0 Å². The molecule has 0 saturated carbocycles. The molecule has 138 heavy (non-hydrogen) atoms. The first-order valence-electron chi connectivity index (χ1n) is 43.0. The van der Waals surface area contributed by atoms with E-state index in [1.807, 2.05) is 200 Å². The molecule has 32 nitrogen and oxygen atoms in total. The zero-order valence-electron chi connectivity index (χ0n) is 72.7. The minimum Gasteiger partial charge on any atom is -0.510 e. The third-order valence-corrected chi connectivity index (χ3v) is 26.1. The van der Waals surface area contributed by atoms with Gasteiger partial charge in [0.1, 0.15) is 0 Å². The zero-order valence-corrected chi connectivity index (χ0v) is 81.8. The molecule has 0 fully saturated rings. The maximum absolute atomic E-state index is 7.12. The minimum absolute atomic E-state index is 0. The predicted octanol–water partition coefficient (Wildman–Crippen LogP) is 7.72. The van der Waals surface area contributed by atoms with Crippen LogP contribution in [0.1, 0.15) is 0 Å². The molecule has 6 aromatic carbocycles. The SMILES string of the molecule is CN1C=CN(c2[c-]c3c(nc2)Oc2c4c5c(c6c2B3c2[c-]c(-n3cccn3)cnc2O6)Oc2ncc(-n3cccn3)[c-]c2B5c2[c-]c(N3C=CN(C)[CH-]3)cnc2O4)[CH-]1.CN1[CH-]N(c2[c-]c3c(nc2)Oc2c4c5c(c6c2B3c2[c-]c(N3[CH-]N(C)c7ccccc73)cnc2O6)Oc2ncc(N3[CH-]N(C)c6ccccc63)[c-]c2B5c2[c-]c(N3[CH-]N(C)c5ccccc53)cnc2O4)c2ccccc21.[Pt+4].[Pt+4].[Pt].[Pt]. The summed E-state index contributed by atoms with van der Waals surface area (Å²) in [5.41, 5.74) is 21.6. The van der Waals surface area contributed by atoms with Gasteiger partial charge in [0.05, 0.1) is 47.0 Å². The van der Waals surface area contributed by atoms with Gasteiger partial charge < -0.3 is 137 Å². The van der Waals surface area contributed by atoms with Crippen molar-refractivity contribution < 1.29 is 122 Å². The number of pyridine rings is 8. The van der Waals surface area contributed by atoms with E-state index in [0.29, 0.717) is 181 Å². The quantitative estimate of drug-likeness (QED) is 0.104. The van der Waals surface area contributed by atoms with Crippen LogP contribution in [-0.2, 0) is 84.3 Å². The minimum atomic E-state index is -0.632. The Balaban J connectivity index is 0.000000147. The van der Waals surface area contributed by atoms with Crippen molar-refractivity contribution in [2.24, 2.45) is 0 Å². The van der Waals surface area contributed by atoms with Gasteiger partial charge in [0, 0.05) is 134 Å². The first-order valence-corrected chi connectivity index (χ1v) is 43.0. The van der Waals surface area contributed by atoms with Crippen molar-refractivity contribution >= 4 is 172 Å². The number of rotatable bonds is 8. The summed E-state index contributed by atoms with van der Waals surface area (Å²) in [5, 5.41) is 8.88. The van der Waals surface area contributed by atoms with Crippen LogP contribution in [0.4, 0.5) is 79.6 Å². The number of anilines is 14. The molecule has 14 aliphatic rings. The van der Waals surface area contributed by atoms with Crippen molar-refractivity contribution in [3.8, 4) is 104 Å². The second-order valence-electron chi connectivity index (χ2n) is 33.9. The zero-order chi connectivity index (χ0) is 88.5. The molecule has 0 aliphatic carbocycles. The fourth-order valence-corrected chi connectivity index (χ4v) is 20.1. The molecule has 0 unspecified atom stereocenters. The van der Waals surface area contributed by atoms with Crippen LogP contribution in [0.3, 0.4) is 0 Å². The van der Waals surface area contributed by atoms with Gasteiger partial charge >= 0.3 is 42.1 Å². The third-order valence-electron chi connectivity index (χ3n) is 26.1. The van der Waals surface area contributed by atoms with Gasteiger partial charge in [-0.3, -0.25) is 9.36 Å². The number of aromatic nitrogens is 12. The molecular formula is C98H58B4N24O8Pt4-6. The van der Waals surface area contributed by atoms with Gasteiger partial charge in [0.15, 0.2) is 46.0 Å². The second-order valence-corrected chi connectivity index (χ2v) is 33.9. The van der Waals surface area contributed by atoms with E-state index < -0.39 is 26.9 Å². The summed E-state index contributed by atoms with van der Waals surface area (Å²) in [5.74, 6) is 5.99. The Morgan fingerprint density at radius 3 is 0.681 bits per heavy atom. The van der Waals surface area contributed by atoms with Crippen LogP contribution in [0, 0.1) is 88.5 Å². The Labute approximate surface area is 849 Å². The van der Waals surface area contributed by atoms with Crippen molar-refractivity contribution in [3.63, 3.8) is 0 Å². The molecule has 16 aromatic rings. The average molecular weight is 2520 g/mol. The monoisotopic (exact) mass is 2520 g/mol. The molecule has 30 rings (SSSR count). The van der Waals surface area contributed by atoms with Gasteiger partial charge in [-0.25, -0.2) is 0 Å². The molecule has 14 aliphatic heterocycles. The molecule has 0 atom stereocenters. The number of para-hydroxylation sites is 8. The number of hydrogen-bond donors (Lipinski definition) is 0. The van der Waals surface area contributed by atoms with Crippen LogP contribution in [0.5, 0.6) is 93.0 Å². The van der Waals surface area contributed by atoms with Gasteiger partial charge in [-0.05, 0) is 139 Å². The van der Waals surface area contributed by atoms with E-state index in [-0.39, 0.29) is 84.3 Å². The number of benzene rings is 6. The summed E-state index contributed by atoms with van der Waals surface area (Å²) in [6.45, 7) is 9.60. The first kappa shape index (κ1) is 85.1. The summed E-state index contributed by atoms with van der Waals surface area (Å²) >= 11 is 0. The molecule has 0 amide bonds. The Morgan fingerprint density at radius 2 is 0.464 bits per heavy atom. The van der Waals surface area contributed by atoms with Gasteiger partial charge in [-0.2, -0.15) is 98.7 Å². The summed E-state index contributed by atoms with van der Waals surface area (Å²) in [6, 6.07) is 66.2. The molecule has 10 aromatic heterocycles. The number of hydrogen-bond acceptors (Lipinski definition) is 30. The van der Waals surface area contributed by atoms with Crippen molar-refractivity contribution in [3.05, 3.63) is 297 Å². The summed E-state index contributed by atoms with van der Waals surface area (Å²) in [6.07, 6.45) is 28.8. The number of nitrogens with zero attached hydrogens (tertiary/aromatic N) is 24. The summed E-state index contributed by atoms with van der Waals surface area (Å²) < 4.78 is 59.2. The molecule has 0 N–H and O–H groups in total. The van der Waals surface area contributed by atoms with E-state index in [9.17, 15) is 0 Å². The van der Waals surface area contributed by atoms with E-state index in [0.717, 1.165) is 68.2 Å². The van der Waals surface area contributed by atoms with Crippen LogP contribution < -0.4 is 152 Å². The van der Waals surface area contributed by atoms with Gasteiger partial charge in [0.25, 0.3) is 0 Å². The maximum Gasteiger partial charge on any atom is 4.00 e. The first-order chi connectivity index (χ1) is 65.8. The standard InChI is InChI=1S/C58H36B2N12O4.C40H22B2N12O4.4Pt/c1-65-29-69(45-17-9-5-13-41(45)65)33-21-37-55(61-25-33)73-51-49-52(74-56-38(59(37)49)22-34(26-62-56)70-30-66(2)42-14-6-10-18-46(42)70)54-50-53(51)75-57-39(23-35(27-63-57)71-31-67(3)43-15-7-11-19-47(43)71)60(50)40-24-36(28-64-58(40)76-54)72-32-68(4)44-16-8-12-20-48(44)72;1-49-9-11-51(21-49)23-13-27-37(43-17-23)55-33-31-35(57-39-29(41(27)31)15-25(19-45-39)53-7-3-5-47-53)36-32-34(33)56-38-28(14-24(18-44-38)52-12-10-50(2)22-52)42(32)30-16-26(20-46-40(30)58-36)54-8-4-6-48-54;;;;/h5-20,25-32H,1-4H3;3-12,17-22H,1-2H3;;;;/q-8;-6;;;2*+4. The fourth-order valence-electron chi connectivity index (χ4n) is 20.1. The Kier molecular flexibility index (Phi) is 19.8. The van der Waals surface area contributed by atoms with Crippen molar-refractivity contribution in [2.75, 3.05) is 91.3 Å². The molecule has 0 bridgehead atoms. The van der Waals surface area contributed by atoms with Crippen molar-refractivity contribution in [2.45, 2.75) is 0 Å². The van der Waals surface area contributed by atoms with Crippen LogP contribution in [-0.4, -0.2) is 138 Å². The van der Waals surface area contributed by atoms with Crippen LogP contribution in [0.15, 0.2) is 208 Å². The number of fused-ring (bicyclic) bond motifs is 24. The maximum atomic E-state index is 7.12. The molecule has 0 spiro atoms. The van der Waals surface area contributed by atoms with Crippen LogP contribution in [0.2, 0.25) is 0 Å². The smallest absolute Gasteiger partial charge is 0.510 e. The predicted molar refractivity (Wildman–Crippen MR) is 503 cm³/mol. The van der Waals surface area contributed by atoms with E-state index >= 15 is 0 Å². The molecule has 40 heteroatoms.